The summed E-state index contributed by atoms with van der Waals surface area (Å²) >= 11 is 0. The highest BCUT2D eigenvalue weighted by Gasteiger charge is 2.33. The molecule has 0 fully saturated rings. The molecule has 7 heteroatoms. The Morgan fingerprint density at radius 2 is 1.74 bits per heavy atom. The fourth-order valence-corrected chi connectivity index (χ4v) is 4.54. The number of carbonyl (C=O) groups excluding carboxylic acids is 1. The number of nitrogens with one attached hydrogen (secondary N) is 1. The van der Waals surface area contributed by atoms with Crippen molar-refractivity contribution in [2.75, 3.05) is 5.32 Å². The molecule has 0 saturated carbocycles. The Morgan fingerprint density at radius 3 is 2.44 bits per heavy atom. The second-order valence-electron chi connectivity index (χ2n) is 8.86. The predicted molar refractivity (Wildman–Crippen MR) is 130 cm³/mol. The first kappa shape index (κ1) is 21.8. The van der Waals surface area contributed by atoms with E-state index in [0.29, 0.717) is 24.8 Å². The Morgan fingerprint density at radius 1 is 1.00 bits per heavy atom. The molecule has 4 aromatic rings. The van der Waals surface area contributed by atoms with Gasteiger partial charge in [0, 0.05) is 29.3 Å². The van der Waals surface area contributed by atoms with Crippen LogP contribution in [-0.4, -0.2) is 25.7 Å². The van der Waals surface area contributed by atoms with Crippen LogP contribution in [0.3, 0.4) is 0 Å². The molecule has 5 rings (SSSR count). The zero-order chi connectivity index (χ0) is 23.8. The molecular weight excluding hydrogens is 426 g/mol. The topological polar surface area (TPSA) is 81.9 Å². The maximum absolute atomic E-state index is 12.7. The molecule has 34 heavy (non-hydrogen) atoms. The lowest BCUT2D eigenvalue weighted by Gasteiger charge is -2.24. The summed E-state index contributed by atoms with van der Waals surface area (Å²) in [4.78, 5) is 21.7. The van der Waals surface area contributed by atoms with Crippen LogP contribution < -0.4 is 10.1 Å². The minimum absolute atomic E-state index is 0.0530. The van der Waals surface area contributed by atoms with Crippen LogP contribution in [0.4, 0.5) is 5.82 Å². The summed E-state index contributed by atoms with van der Waals surface area (Å²) in [6.07, 6.45) is 0.358. The molecular formula is C27H27N5O2. The molecule has 0 radical (unpaired) electrons. The van der Waals surface area contributed by atoms with E-state index in [-0.39, 0.29) is 11.8 Å². The zero-order valence-corrected chi connectivity index (χ0v) is 19.8. The zero-order valence-electron chi connectivity index (χ0n) is 19.8. The lowest BCUT2D eigenvalue weighted by atomic mass is 9.86. The Hall–Kier alpha value is -4.00. The van der Waals surface area contributed by atoms with E-state index in [9.17, 15) is 4.79 Å². The van der Waals surface area contributed by atoms with Crippen molar-refractivity contribution in [3.05, 3.63) is 93.9 Å². The minimum Gasteiger partial charge on any atom is -0.489 e. The lowest BCUT2D eigenvalue weighted by Crippen LogP contribution is -2.25. The van der Waals surface area contributed by atoms with Crippen LogP contribution in [0.25, 0.3) is 5.95 Å². The molecule has 0 saturated heterocycles. The third-order valence-corrected chi connectivity index (χ3v) is 6.03. The number of hydrogen-bond donors (Lipinski definition) is 1. The van der Waals surface area contributed by atoms with Crippen LogP contribution in [-0.2, 0) is 11.4 Å². The van der Waals surface area contributed by atoms with Gasteiger partial charge in [-0.3, -0.25) is 4.79 Å². The van der Waals surface area contributed by atoms with E-state index in [1.165, 1.54) is 5.56 Å². The Kier molecular flexibility index (Phi) is 5.61. The molecule has 2 aromatic carbocycles. The molecule has 1 amide bonds. The molecule has 7 nitrogen and oxygen atoms in total. The summed E-state index contributed by atoms with van der Waals surface area (Å²) in [7, 11) is 0. The molecule has 1 N–H and O–H groups in total. The van der Waals surface area contributed by atoms with E-state index in [2.05, 4.69) is 40.4 Å². The summed E-state index contributed by atoms with van der Waals surface area (Å²) in [6.45, 7) is 8.39. The van der Waals surface area contributed by atoms with Crippen molar-refractivity contribution in [1.82, 2.24) is 19.7 Å². The number of amides is 1. The summed E-state index contributed by atoms with van der Waals surface area (Å²) in [6, 6.07) is 18.2. The molecule has 0 spiro atoms. The summed E-state index contributed by atoms with van der Waals surface area (Å²) in [5.74, 6) is 1.74. The fraction of sp³-hybridized carbons (Fsp3) is 0.259. The summed E-state index contributed by atoms with van der Waals surface area (Å²) in [5, 5.41) is 7.69. The van der Waals surface area contributed by atoms with Gasteiger partial charge in [-0.2, -0.15) is 9.78 Å². The first-order chi connectivity index (χ1) is 16.4. The second kappa shape index (κ2) is 8.74. The highest BCUT2D eigenvalue weighted by atomic mass is 16.5. The van der Waals surface area contributed by atoms with Crippen molar-refractivity contribution >= 4 is 11.7 Å². The van der Waals surface area contributed by atoms with Gasteiger partial charge >= 0.3 is 0 Å². The van der Waals surface area contributed by atoms with Gasteiger partial charge in [0.05, 0.1) is 5.69 Å². The molecule has 0 unspecified atom stereocenters. The maximum atomic E-state index is 12.7. The fourth-order valence-electron chi connectivity index (χ4n) is 4.54. The summed E-state index contributed by atoms with van der Waals surface area (Å²) < 4.78 is 7.62. The van der Waals surface area contributed by atoms with Crippen LogP contribution in [0.1, 0.15) is 51.7 Å². The van der Waals surface area contributed by atoms with Gasteiger partial charge < -0.3 is 10.1 Å². The van der Waals surface area contributed by atoms with Crippen molar-refractivity contribution in [3.63, 3.8) is 0 Å². The van der Waals surface area contributed by atoms with E-state index >= 15 is 0 Å². The van der Waals surface area contributed by atoms with Crippen LogP contribution in [0.2, 0.25) is 0 Å². The van der Waals surface area contributed by atoms with Crippen molar-refractivity contribution in [2.24, 2.45) is 0 Å². The molecule has 1 atom stereocenters. The maximum Gasteiger partial charge on any atom is 0.252 e. The van der Waals surface area contributed by atoms with Gasteiger partial charge in [-0.15, -0.1) is 0 Å². The van der Waals surface area contributed by atoms with Crippen LogP contribution in [0, 0.1) is 27.7 Å². The quantitative estimate of drug-likeness (QED) is 0.462. The number of benzene rings is 2. The number of aromatic nitrogens is 4. The standard InChI is InChI=1S/C27H27N5O2/c1-16-6-5-7-20(12-16)15-34-22-10-8-21(9-11-22)23-14-24(33)30-26-25(23)19(4)31-32(26)27-28-17(2)13-18(3)29-27/h5-13,23H,14-15H2,1-4H3,(H,30,33)/t23-/m1/s1. The highest BCUT2D eigenvalue weighted by molar-refractivity contribution is 5.95. The van der Waals surface area contributed by atoms with Gasteiger partial charge in [0.1, 0.15) is 18.2 Å². The number of aryl methyl sites for hydroxylation is 4. The van der Waals surface area contributed by atoms with Gasteiger partial charge in [-0.25, -0.2) is 9.97 Å². The van der Waals surface area contributed by atoms with E-state index in [4.69, 9.17) is 9.84 Å². The van der Waals surface area contributed by atoms with Gasteiger partial charge in [0.25, 0.3) is 5.95 Å². The third kappa shape index (κ3) is 4.29. The normalized spacial score (nSPS) is 15.1. The average molecular weight is 454 g/mol. The Bertz CT molecular complexity index is 1350. The minimum atomic E-state index is -0.103. The van der Waals surface area contributed by atoms with E-state index in [0.717, 1.165) is 39.5 Å². The Balaban J connectivity index is 1.43. The number of rotatable bonds is 5. The number of anilines is 1. The first-order valence-corrected chi connectivity index (χ1v) is 11.4. The molecule has 3 heterocycles. The van der Waals surface area contributed by atoms with Crippen molar-refractivity contribution < 1.29 is 9.53 Å². The van der Waals surface area contributed by atoms with E-state index in [1.807, 2.05) is 57.2 Å². The second-order valence-corrected chi connectivity index (χ2v) is 8.86. The van der Waals surface area contributed by atoms with Gasteiger partial charge in [0.2, 0.25) is 5.91 Å². The average Bonchev–Trinajstić information content (AvgIpc) is 3.13. The van der Waals surface area contributed by atoms with Crippen LogP contribution in [0.5, 0.6) is 5.75 Å². The van der Waals surface area contributed by atoms with Crippen LogP contribution in [0.15, 0.2) is 54.6 Å². The van der Waals surface area contributed by atoms with E-state index in [1.54, 1.807) is 4.68 Å². The SMILES string of the molecule is Cc1cccc(COc2ccc([C@H]3CC(=O)Nc4c3c(C)nn4-c3nc(C)cc(C)n3)cc2)c1. The monoisotopic (exact) mass is 453 g/mol. The predicted octanol–water partition coefficient (Wildman–Crippen LogP) is 4.95. The third-order valence-electron chi connectivity index (χ3n) is 6.03. The van der Waals surface area contributed by atoms with Gasteiger partial charge in [0.15, 0.2) is 0 Å². The van der Waals surface area contributed by atoms with Gasteiger partial charge in [-0.1, -0.05) is 42.0 Å². The molecule has 1 aliphatic heterocycles. The molecule has 0 bridgehead atoms. The summed E-state index contributed by atoms with van der Waals surface area (Å²) in [5.41, 5.74) is 6.94. The number of nitrogens with zero attached hydrogens (tertiary/aromatic N) is 4. The van der Waals surface area contributed by atoms with Crippen molar-refractivity contribution in [3.8, 4) is 11.7 Å². The largest absolute Gasteiger partial charge is 0.489 e. The number of carbonyl (C=O) groups is 1. The molecule has 2 aromatic heterocycles. The number of fused-ring (bicyclic) bond motifs is 1. The number of ether oxygens (including phenoxy) is 1. The van der Waals surface area contributed by atoms with Crippen molar-refractivity contribution in [1.29, 1.82) is 0 Å². The smallest absolute Gasteiger partial charge is 0.252 e. The molecule has 1 aliphatic rings. The lowest BCUT2D eigenvalue weighted by molar-refractivity contribution is -0.116. The molecule has 172 valence electrons. The number of hydrogen-bond acceptors (Lipinski definition) is 5. The highest BCUT2D eigenvalue weighted by Crippen LogP contribution is 2.40. The molecule has 0 aliphatic carbocycles. The first-order valence-electron chi connectivity index (χ1n) is 11.4. The Labute approximate surface area is 198 Å². The van der Waals surface area contributed by atoms with Gasteiger partial charge in [-0.05, 0) is 57.0 Å². The van der Waals surface area contributed by atoms with Crippen LogP contribution >= 0.6 is 0 Å². The van der Waals surface area contributed by atoms with Crippen molar-refractivity contribution in [2.45, 2.75) is 46.6 Å². The van der Waals surface area contributed by atoms with E-state index < -0.39 is 0 Å².